The van der Waals surface area contributed by atoms with Crippen LogP contribution in [-0.2, 0) is 0 Å². The van der Waals surface area contributed by atoms with Gasteiger partial charge in [-0.2, -0.15) is 11.8 Å². The quantitative estimate of drug-likeness (QED) is 0.896. The van der Waals surface area contributed by atoms with Crippen molar-refractivity contribution >= 4 is 33.4 Å². The molecule has 4 heteroatoms. The topological polar surface area (TPSA) is 24.9 Å². The number of hydrogen-bond acceptors (Lipinski definition) is 3. The number of rotatable bonds is 2. The van der Waals surface area contributed by atoms with E-state index >= 15 is 0 Å². The van der Waals surface area contributed by atoms with Gasteiger partial charge in [-0.25, -0.2) is 0 Å². The molecule has 1 aliphatic rings. The van der Waals surface area contributed by atoms with Crippen LogP contribution < -0.4 is 5.32 Å². The maximum Gasteiger partial charge on any atom is 0.0540 e. The van der Waals surface area contributed by atoms with Gasteiger partial charge >= 0.3 is 0 Å². The Balaban J connectivity index is 2.03. The zero-order chi connectivity index (χ0) is 9.97. The third kappa shape index (κ3) is 2.42. The molecule has 1 fully saturated rings. The monoisotopic (exact) mass is 272 g/mol. The highest BCUT2D eigenvalue weighted by molar-refractivity contribution is 9.10. The fourth-order valence-corrected chi connectivity index (χ4v) is 3.19. The van der Waals surface area contributed by atoms with Gasteiger partial charge in [-0.05, 0) is 34.2 Å². The Bertz CT molecular complexity index is 319. The Morgan fingerprint density at radius 2 is 2.43 bits per heavy atom. The molecule has 2 nitrogen and oxygen atoms in total. The number of nitrogens with one attached hydrogen (secondary N) is 1. The van der Waals surface area contributed by atoms with Gasteiger partial charge in [0.2, 0.25) is 0 Å². The highest BCUT2D eigenvalue weighted by atomic mass is 79.9. The summed E-state index contributed by atoms with van der Waals surface area (Å²) in [5.74, 6) is 1.26. The molecule has 2 rings (SSSR count). The van der Waals surface area contributed by atoms with Crippen LogP contribution in [0.15, 0.2) is 22.9 Å². The molecular weight excluding hydrogens is 260 g/mol. The molecule has 0 spiro atoms. The molecule has 2 atom stereocenters. The second-order valence-corrected chi connectivity index (χ2v) is 5.91. The Morgan fingerprint density at radius 1 is 1.57 bits per heavy atom. The zero-order valence-corrected chi connectivity index (χ0v) is 10.4. The lowest BCUT2D eigenvalue weighted by Crippen LogP contribution is -2.24. The maximum atomic E-state index is 4.14. The molecule has 1 aromatic rings. The van der Waals surface area contributed by atoms with E-state index < -0.39 is 0 Å². The summed E-state index contributed by atoms with van der Waals surface area (Å²) in [5, 5.41) is 4.22. The fraction of sp³-hybridized carbons (Fsp3) is 0.500. The Kier molecular flexibility index (Phi) is 3.34. The minimum Gasteiger partial charge on any atom is -0.380 e. The molecule has 2 heterocycles. The molecule has 14 heavy (non-hydrogen) atoms. The molecule has 0 radical (unpaired) electrons. The Labute approximate surface area is 97.0 Å². The summed E-state index contributed by atoms with van der Waals surface area (Å²) in [4.78, 5) is 4.14. The Hall–Kier alpha value is -0.220. The van der Waals surface area contributed by atoms with E-state index in [-0.39, 0.29) is 0 Å². The van der Waals surface area contributed by atoms with E-state index in [0.29, 0.717) is 11.3 Å². The lowest BCUT2D eigenvalue weighted by Gasteiger charge is -2.17. The van der Waals surface area contributed by atoms with E-state index in [2.05, 4.69) is 39.2 Å². The smallest absolute Gasteiger partial charge is 0.0540 e. The molecule has 1 aromatic heterocycles. The van der Waals surface area contributed by atoms with E-state index in [0.717, 1.165) is 10.2 Å². The first-order valence-corrected chi connectivity index (χ1v) is 6.58. The van der Waals surface area contributed by atoms with Gasteiger partial charge < -0.3 is 5.32 Å². The van der Waals surface area contributed by atoms with Crippen LogP contribution in [0, 0.1) is 0 Å². The van der Waals surface area contributed by atoms with E-state index in [1.54, 1.807) is 6.20 Å². The minimum absolute atomic E-state index is 0.594. The first kappa shape index (κ1) is 10.3. The lowest BCUT2D eigenvalue weighted by molar-refractivity contribution is 0.723. The van der Waals surface area contributed by atoms with E-state index in [1.165, 1.54) is 12.2 Å². The van der Waals surface area contributed by atoms with Crippen LogP contribution >= 0.6 is 27.7 Å². The number of aromatic nitrogens is 1. The molecular formula is C10H13BrN2S. The number of halogens is 1. The number of thioether (sulfide) groups is 1. The van der Waals surface area contributed by atoms with Crippen LogP contribution in [0.1, 0.15) is 13.3 Å². The summed E-state index contributed by atoms with van der Waals surface area (Å²) in [6.07, 6.45) is 4.93. The highest BCUT2D eigenvalue weighted by Crippen LogP contribution is 2.29. The molecule has 0 bridgehead atoms. The Morgan fingerprint density at radius 3 is 3.07 bits per heavy atom. The maximum absolute atomic E-state index is 4.14. The molecule has 0 aliphatic carbocycles. The summed E-state index contributed by atoms with van der Waals surface area (Å²) in [5.41, 5.74) is 1.11. The predicted molar refractivity (Wildman–Crippen MR) is 65.9 cm³/mol. The zero-order valence-electron chi connectivity index (χ0n) is 8.03. The normalized spacial score (nSPS) is 26.4. The van der Waals surface area contributed by atoms with Crippen molar-refractivity contribution in [1.82, 2.24) is 4.98 Å². The molecule has 1 saturated heterocycles. The van der Waals surface area contributed by atoms with Crippen LogP contribution in [0.4, 0.5) is 5.69 Å². The first-order chi connectivity index (χ1) is 6.75. The number of nitrogens with zero attached hydrogens (tertiary/aromatic N) is 1. The third-order valence-electron chi connectivity index (χ3n) is 2.43. The van der Waals surface area contributed by atoms with Crippen LogP contribution in [0.3, 0.4) is 0 Å². The largest absolute Gasteiger partial charge is 0.380 e. The van der Waals surface area contributed by atoms with Crippen molar-refractivity contribution < 1.29 is 0 Å². The van der Waals surface area contributed by atoms with Gasteiger partial charge in [0.15, 0.2) is 0 Å². The fourth-order valence-electron chi connectivity index (χ4n) is 1.63. The van der Waals surface area contributed by atoms with Gasteiger partial charge in [0.25, 0.3) is 0 Å². The van der Waals surface area contributed by atoms with Gasteiger partial charge in [0, 0.05) is 22.0 Å². The van der Waals surface area contributed by atoms with Gasteiger partial charge in [-0.3, -0.25) is 4.98 Å². The van der Waals surface area contributed by atoms with Crippen molar-refractivity contribution in [1.29, 1.82) is 0 Å². The standard InChI is InChI=1S/C10H13BrN2S/c1-7-10(2-3-14-7)13-9-4-8(11)5-12-6-9/h4-7,10,13H,2-3H2,1H3. The van der Waals surface area contributed by atoms with Crippen molar-refractivity contribution in [3.05, 3.63) is 22.9 Å². The molecule has 2 unspecified atom stereocenters. The third-order valence-corrected chi connectivity index (χ3v) is 4.19. The highest BCUT2D eigenvalue weighted by Gasteiger charge is 2.23. The predicted octanol–water partition coefficient (Wildman–Crippen LogP) is 3.15. The van der Waals surface area contributed by atoms with E-state index in [4.69, 9.17) is 0 Å². The summed E-state index contributed by atoms with van der Waals surface area (Å²) in [6, 6.07) is 2.67. The van der Waals surface area contributed by atoms with Gasteiger partial charge in [-0.15, -0.1) is 0 Å². The van der Waals surface area contributed by atoms with Crippen molar-refractivity contribution in [3.63, 3.8) is 0 Å². The van der Waals surface area contributed by atoms with Crippen LogP contribution in [0.5, 0.6) is 0 Å². The van der Waals surface area contributed by atoms with Crippen molar-refractivity contribution in [2.75, 3.05) is 11.1 Å². The van der Waals surface area contributed by atoms with Crippen molar-refractivity contribution in [2.45, 2.75) is 24.6 Å². The molecule has 0 saturated carbocycles. The minimum atomic E-state index is 0.594. The summed E-state index contributed by atoms with van der Waals surface area (Å²) < 4.78 is 1.03. The summed E-state index contributed by atoms with van der Waals surface area (Å²) >= 11 is 5.45. The van der Waals surface area contributed by atoms with Gasteiger partial charge in [0.1, 0.15) is 0 Å². The van der Waals surface area contributed by atoms with E-state index in [9.17, 15) is 0 Å². The molecule has 1 aliphatic heterocycles. The number of pyridine rings is 1. The van der Waals surface area contributed by atoms with Crippen LogP contribution in [0.25, 0.3) is 0 Å². The van der Waals surface area contributed by atoms with Crippen molar-refractivity contribution in [3.8, 4) is 0 Å². The van der Waals surface area contributed by atoms with E-state index in [1.807, 2.05) is 18.0 Å². The summed E-state index contributed by atoms with van der Waals surface area (Å²) in [6.45, 7) is 2.28. The van der Waals surface area contributed by atoms with Crippen LogP contribution in [-0.4, -0.2) is 22.0 Å². The van der Waals surface area contributed by atoms with Crippen LogP contribution in [0.2, 0.25) is 0 Å². The van der Waals surface area contributed by atoms with Gasteiger partial charge in [-0.1, -0.05) is 6.92 Å². The second kappa shape index (κ2) is 4.53. The van der Waals surface area contributed by atoms with Crippen molar-refractivity contribution in [2.24, 2.45) is 0 Å². The molecule has 0 aromatic carbocycles. The summed E-state index contributed by atoms with van der Waals surface area (Å²) in [7, 11) is 0. The SMILES string of the molecule is CC1SCCC1Nc1cncc(Br)c1. The lowest BCUT2D eigenvalue weighted by atomic mass is 10.1. The first-order valence-electron chi connectivity index (χ1n) is 4.74. The molecule has 0 amide bonds. The average Bonchev–Trinajstić information content (AvgIpc) is 2.52. The number of hydrogen-bond donors (Lipinski definition) is 1. The average molecular weight is 273 g/mol. The second-order valence-electron chi connectivity index (χ2n) is 3.51. The van der Waals surface area contributed by atoms with Gasteiger partial charge in [0.05, 0.1) is 11.9 Å². The molecule has 1 N–H and O–H groups in total. The number of anilines is 1. The molecule has 76 valence electrons.